The minimum absolute atomic E-state index is 0. The van der Waals surface area contributed by atoms with Crippen molar-refractivity contribution in [3.63, 3.8) is 0 Å². The van der Waals surface area contributed by atoms with Gasteiger partial charge in [0.2, 0.25) is 0 Å². The number of ether oxygens (including phenoxy) is 1. The molecule has 0 aliphatic carbocycles. The van der Waals surface area contributed by atoms with Crippen molar-refractivity contribution in [3.8, 4) is 5.75 Å². The lowest BCUT2D eigenvalue weighted by molar-refractivity contribution is 0.0533. The summed E-state index contributed by atoms with van der Waals surface area (Å²) in [5, 5.41) is 0. The highest BCUT2D eigenvalue weighted by atomic mass is 35.5. The van der Waals surface area contributed by atoms with Crippen LogP contribution >= 0.6 is 24.8 Å². The Labute approximate surface area is 173 Å². The van der Waals surface area contributed by atoms with Gasteiger partial charge in [0.1, 0.15) is 12.4 Å². The van der Waals surface area contributed by atoms with Gasteiger partial charge in [-0.25, -0.2) is 0 Å². The van der Waals surface area contributed by atoms with Gasteiger partial charge in [0, 0.05) is 30.9 Å². The lowest BCUT2D eigenvalue weighted by atomic mass is 9.79. The maximum absolute atomic E-state index is 12.7. The summed E-state index contributed by atoms with van der Waals surface area (Å²) in [5.41, 5.74) is 7.65. The molecule has 1 amide bonds. The second kappa shape index (κ2) is 9.93. The fourth-order valence-corrected chi connectivity index (χ4v) is 3.06. The van der Waals surface area contributed by atoms with E-state index < -0.39 is 0 Å². The van der Waals surface area contributed by atoms with E-state index in [0.29, 0.717) is 25.3 Å². The van der Waals surface area contributed by atoms with Gasteiger partial charge in [0.25, 0.3) is 5.91 Å². The first-order valence-electron chi connectivity index (χ1n) is 8.63. The van der Waals surface area contributed by atoms with Crippen LogP contribution in [0.1, 0.15) is 36.3 Å². The lowest BCUT2D eigenvalue weighted by Gasteiger charge is -2.42. The van der Waals surface area contributed by atoms with Gasteiger partial charge in [-0.3, -0.25) is 9.78 Å². The van der Waals surface area contributed by atoms with Crippen LogP contribution in [0.2, 0.25) is 0 Å². The van der Waals surface area contributed by atoms with Crippen molar-refractivity contribution >= 4 is 30.7 Å². The molecule has 1 aromatic carbocycles. The molecular weight excluding hydrogens is 385 g/mol. The van der Waals surface area contributed by atoms with Crippen LogP contribution in [0.15, 0.2) is 48.7 Å². The molecule has 1 fully saturated rings. The summed E-state index contributed by atoms with van der Waals surface area (Å²) in [6.07, 6.45) is 2.58. The number of nitrogens with two attached hydrogens (primary N) is 1. The Hall–Kier alpha value is -1.82. The van der Waals surface area contributed by atoms with Crippen molar-refractivity contribution in [1.29, 1.82) is 0 Å². The van der Waals surface area contributed by atoms with E-state index in [-0.39, 0.29) is 42.2 Å². The van der Waals surface area contributed by atoms with Crippen molar-refractivity contribution in [3.05, 3.63) is 59.9 Å². The Bertz CT molecular complexity index is 724. The third-order valence-electron chi connectivity index (χ3n) is 4.81. The monoisotopic (exact) mass is 411 g/mol. The highest BCUT2D eigenvalue weighted by Crippen LogP contribution is 2.28. The largest absolute Gasteiger partial charge is 0.487 e. The Balaban J connectivity index is 0.00000182. The second-order valence-electron chi connectivity index (χ2n) is 7.24. The molecule has 7 heteroatoms. The topological polar surface area (TPSA) is 68.5 Å². The molecule has 2 aromatic rings. The van der Waals surface area contributed by atoms with E-state index in [1.807, 2.05) is 47.4 Å². The van der Waals surface area contributed by atoms with Crippen LogP contribution in [-0.2, 0) is 6.61 Å². The number of benzene rings is 1. The Morgan fingerprint density at radius 2 is 1.93 bits per heavy atom. The van der Waals surface area contributed by atoms with Gasteiger partial charge in [-0.05, 0) is 48.2 Å². The molecule has 27 heavy (non-hydrogen) atoms. The second-order valence-corrected chi connectivity index (χ2v) is 7.24. The molecule has 3 rings (SSSR count). The standard InChI is InChI=1S/C20H25N3O2.2ClH/c1-20(2)14-23(12-10-18(20)21)19(24)15-6-8-17(9-7-15)25-13-16-5-3-4-11-22-16;;/h3-9,11,18H,10,12-14,21H2,1-2H3;2*1H. The van der Waals surface area contributed by atoms with E-state index in [2.05, 4.69) is 18.8 Å². The predicted molar refractivity (Wildman–Crippen MR) is 112 cm³/mol. The van der Waals surface area contributed by atoms with Gasteiger partial charge in [0.05, 0.1) is 5.69 Å². The van der Waals surface area contributed by atoms with E-state index in [1.54, 1.807) is 6.20 Å². The molecule has 2 N–H and O–H groups in total. The van der Waals surface area contributed by atoms with Crippen molar-refractivity contribution in [2.24, 2.45) is 11.1 Å². The van der Waals surface area contributed by atoms with Crippen LogP contribution in [-0.4, -0.2) is 34.9 Å². The smallest absolute Gasteiger partial charge is 0.253 e. The third-order valence-corrected chi connectivity index (χ3v) is 4.81. The molecule has 1 aliphatic heterocycles. The van der Waals surface area contributed by atoms with Crippen LogP contribution < -0.4 is 10.5 Å². The highest BCUT2D eigenvalue weighted by molar-refractivity contribution is 5.94. The Morgan fingerprint density at radius 1 is 1.22 bits per heavy atom. The molecule has 1 aromatic heterocycles. The lowest BCUT2D eigenvalue weighted by Crippen LogP contribution is -2.53. The SMILES string of the molecule is CC1(C)CN(C(=O)c2ccc(OCc3ccccn3)cc2)CCC1N.Cl.Cl. The van der Waals surface area contributed by atoms with Gasteiger partial charge >= 0.3 is 0 Å². The number of pyridine rings is 1. The van der Waals surface area contributed by atoms with Gasteiger partial charge in [-0.2, -0.15) is 0 Å². The van der Waals surface area contributed by atoms with Crippen LogP contribution in [0.5, 0.6) is 5.75 Å². The normalized spacial score (nSPS) is 18.0. The average molecular weight is 412 g/mol. The number of carbonyl (C=O) groups is 1. The van der Waals surface area contributed by atoms with Crippen molar-refractivity contribution < 1.29 is 9.53 Å². The molecule has 148 valence electrons. The number of carbonyl (C=O) groups excluding carboxylic acids is 1. The Kier molecular flexibility index (Phi) is 8.54. The minimum atomic E-state index is -0.0559. The maximum atomic E-state index is 12.7. The number of hydrogen-bond donors (Lipinski definition) is 1. The number of nitrogens with zero attached hydrogens (tertiary/aromatic N) is 2. The number of likely N-dealkylation sites (tertiary alicyclic amines) is 1. The molecule has 1 unspecified atom stereocenters. The number of halogens is 2. The Morgan fingerprint density at radius 3 is 2.52 bits per heavy atom. The van der Waals surface area contributed by atoms with Gasteiger partial charge < -0.3 is 15.4 Å². The predicted octanol–water partition coefficient (Wildman–Crippen LogP) is 3.70. The number of aromatic nitrogens is 1. The number of piperidine rings is 1. The fraction of sp³-hybridized carbons (Fsp3) is 0.400. The first-order chi connectivity index (χ1) is 12.0. The molecule has 0 spiro atoms. The summed E-state index contributed by atoms with van der Waals surface area (Å²) in [4.78, 5) is 18.8. The summed E-state index contributed by atoms with van der Waals surface area (Å²) in [6.45, 7) is 6.04. The van der Waals surface area contributed by atoms with Crippen LogP contribution in [0.4, 0.5) is 0 Å². The number of hydrogen-bond acceptors (Lipinski definition) is 4. The van der Waals surface area contributed by atoms with Gasteiger partial charge in [0.15, 0.2) is 0 Å². The number of rotatable bonds is 4. The molecule has 1 saturated heterocycles. The fourth-order valence-electron chi connectivity index (χ4n) is 3.06. The van der Waals surface area contributed by atoms with E-state index in [9.17, 15) is 4.79 Å². The molecule has 1 atom stereocenters. The van der Waals surface area contributed by atoms with Crippen molar-refractivity contribution in [2.45, 2.75) is 32.9 Å². The van der Waals surface area contributed by atoms with Gasteiger partial charge in [-0.15, -0.1) is 24.8 Å². The zero-order valence-corrected chi connectivity index (χ0v) is 17.3. The first-order valence-corrected chi connectivity index (χ1v) is 8.63. The summed E-state index contributed by atoms with van der Waals surface area (Å²) in [6, 6.07) is 13.2. The highest BCUT2D eigenvalue weighted by Gasteiger charge is 2.35. The van der Waals surface area contributed by atoms with Crippen LogP contribution in [0.25, 0.3) is 0 Å². The molecule has 1 aliphatic rings. The average Bonchev–Trinajstić information content (AvgIpc) is 2.63. The van der Waals surface area contributed by atoms with Crippen molar-refractivity contribution in [1.82, 2.24) is 9.88 Å². The molecular formula is C20H27Cl2N3O2. The molecule has 0 bridgehead atoms. The summed E-state index contributed by atoms with van der Waals surface area (Å²) >= 11 is 0. The van der Waals surface area contributed by atoms with E-state index in [4.69, 9.17) is 10.5 Å². The summed E-state index contributed by atoms with van der Waals surface area (Å²) in [5.74, 6) is 0.777. The zero-order chi connectivity index (χ0) is 17.9. The van der Waals surface area contributed by atoms with Crippen LogP contribution in [0.3, 0.4) is 0 Å². The van der Waals surface area contributed by atoms with Gasteiger partial charge in [-0.1, -0.05) is 19.9 Å². The quantitative estimate of drug-likeness (QED) is 0.832. The maximum Gasteiger partial charge on any atom is 0.253 e. The third kappa shape index (κ3) is 5.83. The summed E-state index contributed by atoms with van der Waals surface area (Å²) < 4.78 is 5.72. The molecule has 0 saturated carbocycles. The van der Waals surface area contributed by atoms with E-state index in [0.717, 1.165) is 17.9 Å². The zero-order valence-electron chi connectivity index (χ0n) is 15.6. The number of amides is 1. The molecule has 5 nitrogen and oxygen atoms in total. The van der Waals surface area contributed by atoms with E-state index >= 15 is 0 Å². The van der Waals surface area contributed by atoms with Crippen LogP contribution in [0, 0.1) is 5.41 Å². The molecule has 2 heterocycles. The first kappa shape index (κ1) is 23.2. The molecule has 0 radical (unpaired) electrons. The van der Waals surface area contributed by atoms with Crippen molar-refractivity contribution in [2.75, 3.05) is 13.1 Å². The minimum Gasteiger partial charge on any atom is -0.487 e. The summed E-state index contributed by atoms with van der Waals surface area (Å²) in [7, 11) is 0. The van der Waals surface area contributed by atoms with E-state index in [1.165, 1.54) is 0 Å².